The van der Waals surface area contributed by atoms with E-state index in [9.17, 15) is 13.2 Å². The first kappa shape index (κ1) is 14.3. The molecule has 5 heteroatoms. The second kappa shape index (κ2) is 6.39. The van der Waals surface area contributed by atoms with Crippen molar-refractivity contribution in [3.63, 3.8) is 0 Å². The molecule has 2 nitrogen and oxygen atoms in total. The maximum atomic E-state index is 12.8. The normalized spacial score (nSPS) is 21.1. The molecule has 0 radical (unpaired) electrons. The van der Waals surface area contributed by atoms with Gasteiger partial charge in [0.25, 0.3) is 0 Å². The van der Waals surface area contributed by atoms with Crippen LogP contribution in [0.5, 0.6) is 0 Å². The quantitative estimate of drug-likeness (QED) is 0.911. The molecule has 1 saturated heterocycles. The minimum Gasteiger partial charge on any atom is -0.373 e. The first-order chi connectivity index (χ1) is 9.07. The van der Waals surface area contributed by atoms with E-state index in [0.717, 1.165) is 38.4 Å². The molecule has 0 saturated carbocycles. The van der Waals surface area contributed by atoms with Gasteiger partial charge in [0.2, 0.25) is 0 Å². The molecular formula is C14H18F3NO. The molecule has 0 aliphatic carbocycles. The van der Waals surface area contributed by atoms with Crippen molar-refractivity contribution in [1.29, 1.82) is 0 Å². The summed E-state index contributed by atoms with van der Waals surface area (Å²) in [7, 11) is 0. The van der Waals surface area contributed by atoms with E-state index in [0.29, 0.717) is 0 Å². The number of nitrogens with one attached hydrogen (secondary N) is 1. The van der Waals surface area contributed by atoms with Gasteiger partial charge in [-0.15, -0.1) is 0 Å². The lowest BCUT2D eigenvalue weighted by Gasteiger charge is -2.17. The van der Waals surface area contributed by atoms with Gasteiger partial charge in [0, 0.05) is 0 Å². The molecule has 1 heterocycles. The minimum absolute atomic E-state index is 0.0281. The van der Waals surface area contributed by atoms with Crippen LogP contribution in [0.15, 0.2) is 24.3 Å². The van der Waals surface area contributed by atoms with Crippen molar-refractivity contribution in [3.05, 3.63) is 35.4 Å². The molecule has 0 aromatic heterocycles. The number of hydrogen-bond donors (Lipinski definition) is 1. The molecule has 1 aromatic carbocycles. The molecule has 0 bridgehead atoms. The number of benzene rings is 1. The number of ether oxygens (including phenoxy) is 1. The predicted molar refractivity (Wildman–Crippen MR) is 66.7 cm³/mol. The van der Waals surface area contributed by atoms with E-state index in [1.54, 1.807) is 6.07 Å². The van der Waals surface area contributed by atoms with Crippen LogP contribution in [0, 0.1) is 0 Å². The Balaban J connectivity index is 1.99. The van der Waals surface area contributed by atoms with Crippen molar-refractivity contribution in [1.82, 2.24) is 5.32 Å². The highest BCUT2D eigenvalue weighted by atomic mass is 19.4. The van der Waals surface area contributed by atoms with Crippen molar-refractivity contribution >= 4 is 0 Å². The fraction of sp³-hybridized carbons (Fsp3) is 0.571. The molecule has 1 aromatic rings. The van der Waals surface area contributed by atoms with Crippen LogP contribution in [-0.2, 0) is 17.5 Å². The summed E-state index contributed by atoms with van der Waals surface area (Å²) in [5.74, 6) is 0. The van der Waals surface area contributed by atoms with Crippen LogP contribution in [-0.4, -0.2) is 19.2 Å². The number of alkyl halides is 3. The summed E-state index contributed by atoms with van der Waals surface area (Å²) in [6, 6.07) is 5.61. The molecule has 1 N–H and O–H groups in total. The highest BCUT2D eigenvalue weighted by Gasteiger charge is 2.33. The summed E-state index contributed by atoms with van der Waals surface area (Å²) in [5.41, 5.74) is -0.381. The number of hydrogen-bond acceptors (Lipinski definition) is 2. The third-order valence-corrected chi connectivity index (χ3v) is 3.32. The van der Waals surface area contributed by atoms with Crippen molar-refractivity contribution in [2.45, 2.75) is 38.1 Å². The van der Waals surface area contributed by atoms with Crippen LogP contribution in [0.25, 0.3) is 0 Å². The van der Waals surface area contributed by atoms with E-state index in [1.807, 2.05) is 0 Å². The molecule has 0 spiro atoms. The Morgan fingerprint density at radius 3 is 2.74 bits per heavy atom. The van der Waals surface area contributed by atoms with E-state index < -0.39 is 11.7 Å². The van der Waals surface area contributed by atoms with Gasteiger partial charge in [-0.3, -0.25) is 0 Å². The van der Waals surface area contributed by atoms with E-state index in [1.165, 1.54) is 12.1 Å². The predicted octanol–water partition coefficient (Wildman–Crippen LogP) is 3.36. The van der Waals surface area contributed by atoms with Crippen LogP contribution in [0.4, 0.5) is 13.2 Å². The van der Waals surface area contributed by atoms with Gasteiger partial charge < -0.3 is 10.1 Å². The zero-order chi connectivity index (χ0) is 13.7. The topological polar surface area (TPSA) is 21.3 Å². The molecule has 1 aliphatic heterocycles. The average molecular weight is 273 g/mol. The van der Waals surface area contributed by atoms with Gasteiger partial charge in [-0.05, 0) is 44.0 Å². The highest BCUT2D eigenvalue weighted by Crippen LogP contribution is 2.32. The van der Waals surface area contributed by atoms with Crippen LogP contribution >= 0.6 is 0 Å². The standard InChI is InChI=1S/C14H18F3NO/c15-14(16,17)13-6-2-1-4-11(13)10-19-12-5-3-8-18-9-7-12/h1-2,4,6,12,18H,3,5,7-10H2. The number of halogens is 3. The summed E-state index contributed by atoms with van der Waals surface area (Å²) in [5, 5.41) is 3.25. The Kier molecular flexibility index (Phi) is 4.82. The van der Waals surface area contributed by atoms with Crippen LogP contribution in [0.1, 0.15) is 30.4 Å². The van der Waals surface area contributed by atoms with Gasteiger partial charge in [-0.2, -0.15) is 13.2 Å². The lowest BCUT2D eigenvalue weighted by molar-refractivity contribution is -0.139. The van der Waals surface area contributed by atoms with Crippen molar-refractivity contribution in [2.24, 2.45) is 0 Å². The maximum Gasteiger partial charge on any atom is 0.416 e. The fourth-order valence-electron chi connectivity index (χ4n) is 2.28. The largest absolute Gasteiger partial charge is 0.416 e. The van der Waals surface area contributed by atoms with Gasteiger partial charge in [-0.1, -0.05) is 18.2 Å². The van der Waals surface area contributed by atoms with Crippen molar-refractivity contribution in [2.75, 3.05) is 13.1 Å². The fourth-order valence-corrected chi connectivity index (χ4v) is 2.28. The molecule has 1 unspecified atom stereocenters. The van der Waals surface area contributed by atoms with Crippen molar-refractivity contribution in [3.8, 4) is 0 Å². The molecule has 1 atom stereocenters. The molecule has 2 rings (SSSR count). The smallest absolute Gasteiger partial charge is 0.373 e. The summed E-state index contributed by atoms with van der Waals surface area (Å²) in [6.07, 6.45) is -1.50. The summed E-state index contributed by atoms with van der Waals surface area (Å²) < 4.78 is 44.1. The second-order valence-electron chi connectivity index (χ2n) is 4.77. The Morgan fingerprint density at radius 1 is 1.16 bits per heavy atom. The molecular weight excluding hydrogens is 255 g/mol. The summed E-state index contributed by atoms with van der Waals surface area (Å²) >= 11 is 0. The Hall–Kier alpha value is -1.07. The Morgan fingerprint density at radius 2 is 1.95 bits per heavy atom. The van der Waals surface area contributed by atoms with Gasteiger partial charge in [0.15, 0.2) is 0 Å². The Bertz CT molecular complexity index is 398. The summed E-state index contributed by atoms with van der Waals surface area (Å²) in [4.78, 5) is 0. The molecule has 1 fully saturated rings. The van der Waals surface area contributed by atoms with E-state index >= 15 is 0 Å². The highest BCUT2D eigenvalue weighted by molar-refractivity contribution is 5.28. The van der Waals surface area contributed by atoms with Gasteiger partial charge in [-0.25, -0.2) is 0 Å². The lowest BCUT2D eigenvalue weighted by atomic mass is 10.1. The zero-order valence-corrected chi connectivity index (χ0v) is 10.7. The maximum absolute atomic E-state index is 12.8. The average Bonchev–Trinajstić information content (AvgIpc) is 2.64. The lowest BCUT2D eigenvalue weighted by Crippen LogP contribution is -2.18. The van der Waals surface area contributed by atoms with Crippen LogP contribution in [0.3, 0.4) is 0 Å². The minimum atomic E-state index is -4.31. The zero-order valence-electron chi connectivity index (χ0n) is 10.7. The molecule has 106 valence electrons. The van der Waals surface area contributed by atoms with Crippen LogP contribution in [0.2, 0.25) is 0 Å². The monoisotopic (exact) mass is 273 g/mol. The van der Waals surface area contributed by atoms with E-state index in [2.05, 4.69) is 5.32 Å². The van der Waals surface area contributed by atoms with Gasteiger partial charge in [0.05, 0.1) is 18.3 Å². The Labute approximate surface area is 111 Å². The first-order valence-electron chi connectivity index (χ1n) is 6.55. The SMILES string of the molecule is FC(F)(F)c1ccccc1COC1CCCNCC1. The second-order valence-corrected chi connectivity index (χ2v) is 4.77. The molecule has 19 heavy (non-hydrogen) atoms. The first-order valence-corrected chi connectivity index (χ1v) is 6.55. The third kappa shape index (κ3) is 4.21. The van der Waals surface area contributed by atoms with Crippen LogP contribution < -0.4 is 5.32 Å². The van der Waals surface area contributed by atoms with E-state index in [-0.39, 0.29) is 18.3 Å². The van der Waals surface area contributed by atoms with E-state index in [4.69, 9.17) is 4.74 Å². The van der Waals surface area contributed by atoms with Gasteiger partial charge >= 0.3 is 6.18 Å². The third-order valence-electron chi connectivity index (χ3n) is 3.32. The molecule has 0 amide bonds. The van der Waals surface area contributed by atoms with Crippen molar-refractivity contribution < 1.29 is 17.9 Å². The number of rotatable bonds is 3. The van der Waals surface area contributed by atoms with Gasteiger partial charge in [0.1, 0.15) is 0 Å². The molecule has 1 aliphatic rings. The summed E-state index contributed by atoms with van der Waals surface area (Å²) in [6.45, 7) is 1.85.